The largest absolute Gasteiger partial charge is 0.495 e. The number of benzene rings is 3. The van der Waals surface area contributed by atoms with E-state index in [1.165, 1.54) is 24.1 Å². The van der Waals surface area contributed by atoms with Crippen molar-refractivity contribution < 1.29 is 22.7 Å². The molecule has 0 aliphatic rings. The summed E-state index contributed by atoms with van der Waals surface area (Å²) in [7, 11) is -2.61. The van der Waals surface area contributed by atoms with E-state index in [2.05, 4.69) is 5.32 Å². The number of rotatable bonds is 14. The quantitative estimate of drug-likeness (QED) is 0.216. The van der Waals surface area contributed by atoms with E-state index in [4.69, 9.17) is 39.5 Å². The van der Waals surface area contributed by atoms with Gasteiger partial charge in [-0.05, 0) is 47.9 Å². The molecule has 1 atom stereocenters. The van der Waals surface area contributed by atoms with Crippen LogP contribution in [0.4, 0.5) is 5.69 Å². The van der Waals surface area contributed by atoms with Crippen molar-refractivity contribution in [2.75, 3.05) is 30.8 Å². The zero-order valence-corrected chi connectivity index (χ0v) is 26.7. The van der Waals surface area contributed by atoms with Crippen LogP contribution < -0.4 is 14.4 Å². The van der Waals surface area contributed by atoms with Gasteiger partial charge >= 0.3 is 0 Å². The van der Waals surface area contributed by atoms with Crippen LogP contribution in [0, 0.1) is 0 Å². The molecule has 1 N–H and O–H groups in total. The maximum Gasteiger partial charge on any atom is 0.244 e. The summed E-state index contributed by atoms with van der Waals surface area (Å²) < 4.78 is 32.4. The van der Waals surface area contributed by atoms with Crippen LogP contribution in [0.2, 0.25) is 15.1 Å². The second kappa shape index (κ2) is 15.5. The van der Waals surface area contributed by atoms with Crippen molar-refractivity contribution in [3.63, 3.8) is 0 Å². The lowest BCUT2D eigenvalue weighted by Crippen LogP contribution is -2.53. The highest BCUT2D eigenvalue weighted by atomic mass is 35.5. The van der Waals surface area contributed by atoms with Crippen LogP contribution in [0.25, 0.3) is 0 Å². The molecule has 0 aliphatic carbocycles. The van der Waals surface area contributed by atoms with Crippen LogP contribution in [0.5, 0.6) is 5.75 Å². The van der Waals surface area contributed by atoms with Gasteiger partial charge in [0, 0.05) is 34.6 Å². The Hall–Kier alpha value is -2.98. The first-order valence-corrected chi connectivity index (χ1v) is 16.3. The van der Waals surface area contributed by atoms with Gasteiger partial charge in [0.2, 0.25) is 21.8 Å². The molecule has 1 unspecified atom stereocenters. The molecular formula is C30H34Cl3N3O5S. The van der Waals surface area contributed by atoms with Crippen LogP contribution >= 0.6 is 34.8 Å². The van der Waals surface area contributed by atoms with Crippen LogP contribution in [0.15, 0.2) is 66.7 Å². The monoisotopic (exact) mass is 653 g/mol. The van der Waals surface area contributed by atoms with E-state index in [-0.39, 0.29) is 35.3 Å². The van der Waals surface area contributed by atoms with Crippen molar-refractivity contribution >= 4 is 62.3 Å². The number of sulfonamides is 1. The third-order valence-electron chi connectivity index (χ3n) is 6.55. The first-order chi connectivity index (χ1) is 19.9. The smallest absolute Gasteiger partial charge is 0.244 e. The minimum atomic E-state index is -4.00. The molecule has 2 amide bonds. The summed E-state index contributed by atoms with van der Waals surface area (Å²) in [6, 6.07) is 17.6. The molecule has 226 valence electrons. The SMILES string of the molecule is CCCCNC(=O)C(Cc1ccccc1)N(Cc1ccc(Cl)cc1Cl)C(=O)CN(c1cc(Cl)ccc1OC)S(C)(=O)=O. The lowest BCUT2D eigenvalue weighted by atomic mass is 10.0. The van der Waals surface area contributed by atoms with Gasteiger partial charge in [0.1, 0.15) is 18.3 Å². The fourth-order valence-electron chi connectivity index (χ4n) is 4.35. The Kier molecular flexibility index (Phi) is 12.4. The second-order valence-corrected chi connectivity index (χ2v) is 12.9. The summed E-state index contributed by atoms with van der Waals surface area (Å²) in [5.41, 5.74) is 1.46. The minimum Gasteiger partial charge on any atom is -0.495 e. The number of methoxy groups -OCH3 is 1. The summed E-state index contributed by atoms with van der Waals surface area (Å²) in [4.78, 5) is 29.2. The predicted molar refractivity (Wildman–Crippen MR) is 169 cm³/mol. The van der Waals surface area contributed by atoms with Crippen molar-refractivity contribution in [1.82, 2.24) is 10.2 Å². The summed E-state index contributed by atoms with van der Waals surface area (Å²) in [5, 5.41) is 3.91. The molecule has 42 heavy (non-hydrogen) atoms. The molecule has 0 fully saturated rings. The number of nitrogens with one attached hydrogen (secondary N) is 1. The molecule has 0 saturated carbocycles. The molecule has 3 aromatic rings. The van der Waals surface area contributed by atoms with E-state index < -0.39 is 28.5 Å². The number of amides is 2. The highest BCUT2D eigenvalue weighted by Crippen LogP contribution is 2.33. The topological polar surface area (TPSA) is 96.0 Å². The van der Waals surface area contributed by atoms with Crippen molar-refractivity contribution in [3.05, 3.63) is 92.9 Å². The molecule has 3 aromatic carbocycles. The van der Waals surface area contributed by atoms with Crippen molar-refractivity contribution in [1.29, 1.82) is 0 Å². The number of hydrogen-bond donors (Lipinski definition) is 1. The predicted octanol–water partition coefficient (Wildman–Crippen LogP) is 5.98. The van der Waals surface area contributed by atoms with Crippen LogP contribution in [-0.4, -0.2) is 57.6 Å². The standard InChI is InChI=1S/C30H34Cl3N3O5S/c1-4-5-15-34-30(38)27(16-21-9-7-6-8-10-21)35(19-22-11-12-23(31)17-25(22)33)29(37)20-36(42(3,39)40)26-18-24(32)13-14-28(26)41-2/h6-14,17-18,27H,4-5,15-16,19-20H2,1-3H3,(H,34,38). The second-order valence-electron chi connectivity index (χ2n) is 9.69. The number of carbonyl (C=O) groups excluding carboxylic acids is 2. The molecule has 3 rings (SSSR count). The number of carbonyl (C=O) groups is 2. The Labute approximate surface area is 262 Å². The number of nitrogens with zero attached hydrogens (tertiary/aromatic N) is 2. The van der Waals surface area contributed by atoms with Crippen LogP contribution in [-0.2, 0) is 32.6 Å². The van der Waals surface area contributed by atoms with Crippen molar-refractivity contribution in [2.24, 2.45) is 0 Å². The Balaban J connectivity index is 2.10. The molecule has 8 nitrogen and oxygen atoms in total. The normalized spacial score (nSPS) is 12.0. The zero-order valence-electron chi connectivity index (χ0n) is 23.6. The Bertz CT molecular complexity index is 1490. The lowest BCUT2D eigenvalue weighted by Gasteiger charge is -2.34. The Morgan fingerprint density at radius 3 is 2.26 bits per heavy atom. The molecule has 0 bridgehead atoms. The van der Waals surface area contributed by atoms with E-state index in [9.17, 15) is 18.0 Å². The van der Waals surface area contributed by atoms with Crippen LogP contribution in [0.1, 0.15) is 30.9 Å². The number of halogens is 3. The Morgan fingerprint density at radius 2 is 1.64 bits per heavy atom. The summed E-state index contributed by atoms with van der Waals surface area (Å²) in [5.74, 6) is -0.778. The number of unbranched alkanes of at least 4 members (excludes halogenated alkanes) is 1. The third kappa shape index (κ3) is 9.26. The summed E-state index contributed by atoms with van der Waals surface area (Å²) in [6.07, 6.45) is 2.81. The molecule has 0 aliphatic heterocycles. The van der Waals surface area contributed by atoms with Crippen molar-refractivity contribution in [3.8, 4) is 5.75 Å². The molecule has 0 aromatic heterocycles. The minimum absolute atomic E-state index is 0.0716. The van der Waals surface area contributed by atoms with Crippen LogP contribution in [0.3, 0.4) is 0 Å². The van der Waals surface area contributed by atoms with Gasteiger partial charge in [0.15, 0.2) is 0 Å². The fraction of sp³-hybridized carbons (Fsp3) is 0.333. The molecule has 12 heteroatoms. The van der Waals surface area contributed by atoms with Gasteiger partial charge in [-0.25, -0.2) is 8.42 Å². The average Bonchev–Trinajstić information content (AvgIpc) is 2.94. The van der Waals surface area contributed by atoms with Gasteiger partial charge in [0.25, 0.3) is 0 Å². The van der Waals surface area contributed by atoms with Gasteiger partial charge in [-0.3, -0.25) is 13.9 Å². The van der Waals surface area contributed by atoms with Crippen molar-refractivity contribution in [2.45, 2.75) is 38.8 Å². The molecule has 0 radical (unpaired) electrons. The highest BCUT2D eigenvalue weighted by Gasteiger charge is 2.34. The van der Waals surface area contributed by atoms with Gasteiger partial charge < -0.3 is 15.0 Å². The van der Waals surface area contributed by atoms with E-state index >= 15 is 0 Å². The maximum atomic E-state index is 14.2. The Morgan fingerprint density at radius 1 is 0.976 bits per heavy atom. The van der Waals surface area contributed by atoms with Gasteiger partial charge in [-0.2, -0.15) is 0 Å². The maximum absolute atomic E-state index is 14.2. The molecule has 0 saturated heterocycles. The summed E-state index contributed by atoms with van der Waals surface area (Å²) in [6.45, 7) is 1.75. The summed E-state index contributed by atoms with van der Waals surface area (Å²) >= 11 is 18.8. The zero-order chi connectivity index (χ0) is 30.9. The highest BCUT2D eigenvalue weighted by molar-refractivity contribution is 7.92. The molecule has 0 heterocycles. The van der Waals surface area contributed by atoms with Gasteiger partial charge in [-0.1, -0.05) is 84.5 Å². The van der Waals surface area contributed by atoms with E-state index in [1.54, 1.807) is 24.3 Å². The molecular weight excluding hydrogens is 621 g/mol. The first kappa shape index (κ1) is 33.5. The van der Waals surface area contributed by atoms with E-state index in [0.29, 0.717) is 22.2 Å². The van der Waals surface area contributed by atoms with E-state index in [1.807, 2.05) is 37.3 Å². The number of anilines is 1. The molecule has 0 spiro atoms. The number of hydrogen-bond acceptors (Lipinski definition) is 5. The van der Waals surface area contributed by atoms with Gasteiger partial charge in [-0.15, -0.1) is 0 Å². The van der Waals surface area contributed by atoms with E-state index in [0.717, 1.165) is 29.0 Å². The first-order valence-electron chi connectivity index (χ1n) is 13.3. The van der Waals surface area contributed by atoms with Gasteiger partial charge in [0.05, 0.1) is 19.1 Å². The average molecular weight is 655 g/mol. The third-order valence-corrected chi connectivity index (χ3v) is 8.49. The number of ether oxygens (including phenoxy) is 1. The lowest BCUT2D eigenvalue weighted by molar-refractivity contribution is -0.140. The fourth-order valence-corrected chi connectivity index (χ4v) is 5.83.